The lowest BCUT2D eigenvalue weighted by Gasteiger charge is -2.41. The van der Waals surface area contributed by atoms with Crippen molar-refractivity contribution in [2.75, 3.05) is 45.9 Å². The quantitative estimate of drug-likeness (QED) is 0.734. The van der Waals surface area contributed by atoms with Crippen molar-refractivity contribution in [2.45, 2.75) is 44.8 Å². The highest BCUT2D eigenvalue weighted by Gasteiger charge is 2.28. The Morgan fingerprint density at radius 1 is 1.39 bits per heavy atom. The van der Waals surface area contributed by atoms with Gasteiger partial charge < -0.3 is 10.5 Å². The van der Waals surface area contributed by atoms with E-state index < -0.39 is 0 Å². The zero-order valence-electron chi connectivity index (χ0n) is 11.8. The highest BCUT2D eigenvalue weighted by Crippen LogP contribution is 2.25. The third-order valence-corrected chi connectivity index (χ3v) is 4.35. The van der Waals surface area contributed by atoms with Crippen molar-refractivity contribution in [2.24, 2.45) is 5.73 Å². The molecule has 4 nitrogen and oxygen atoms in total. The van der Waals surface area contributed by atoms with Crippen LogP contribution >= 0.6 is 0 Å². The first kappa shape index (κ1) is 14.3. The van der Waals surface area contributed by atoms with Crippen LogP contribution in [0.25, 0.3) is 0 Å². The van der Waals surface area contributed by atoms with Crippen molar-refractivity contribution in [3.8, 4) is 0 Å². The minimum Gasteiger partial charge on any atom is -0.374 e. The number of nitrogens with zero attached hydrogens (tertiary/aromatic N) is 2. The Balaban J connectivity index is 1.79. The number of hydrogen-bond donors (Lipinski definition) is 1. The van der Waals surface area contributed by atoms with Crippen LogP contribution in [0, 0.1) is 0 Å². The van der Waals surface area contributed by atoms with Crippen molar-refractivity contribution in [1.29, 1.82) is 0 Å². The smallest absolute Gasteiger partial charge is 0.0829 e. The molecule has 1 aliphatic carbocycles. The fourth-order valence-corrected chi connectivity index (χ4v) is 2.91. The van der Waals surface area contributed by atoms with Crippen LogP contribution in [0.4, 0.5) is 0 Å². The Bertz CT molecular complexity index is 233. The van der Waals surface area contributed by atoms with Gasteiger partial charge in [-0.2, -0.15) is 0 Å². The van der Waals surface area contributed by atoms with Gasteiger partial charge in [-0.25, -0.2) is 0 Å². The summed E-state index contributed by atoms with van der Waals surface area (Å²) in [6.45, 7) is 9.52. The molecule has 18 heavy (non-hydrogen) atoms. The van der Waals surface area contributed by atoms with Gasteiger partial charge in [0.15, 0.2) is 0 Å². The topological polar surface area (TPSA) is 41.7 Å². The Morgan fingerprint density at radius 2 is 2.22 bits per heavy atom. The van der Waals surface area contributed by atoms with E-state index >= 15 is 0 Å². The second kappa shape index (κ2) is 7.43. The summed E-state index contributed by atoms with van der Waals surface area (Å²) in [6, 6.07) is 0.803. The van der Waals surface area contributed by atoms with Crippen LogP contribution in [0.2, 0.25) is 0 Å². The van der Waals surface area contributed by atoms with Crippen LogP contribution in [0.1, 0.15) is 32.6 Å². The normalized spacial score (nSPS) is 26.5. The van der Waals surface area contributed by atoms with Crippen LogP contribution in [0.15, 0.2) is 0 Å². The lowest BCUT2D eigenvalue weighted by Crippen LogP contribution is -2.51. The lowest BCUT2D eigenvalue weighted by molar-refractivity contribution is -0.0522. The molecule has 1 aliphatic heterocycles. The fourth-order valence-electron chi connectivity index (χ4n) is 2.91. The van der Waals surface area contributed by atoms with Crippen LogP contribution in [0.3, 0.4) is 0 Å². The molecule has 0 spiro atoms. The maximum absolute atomic E-state index is 5.92. The number of rotatable bonds is 7. The van der Waals surface area contributed by atoms with Crippen molar-refractivity contribution < 1.29 is 4.74 Å². The Labute approximate surface area is 111 Å². The van der Waals surface area contributed by atoms with Crippen LogP contribution in [-0.2, 0) is 4.74 Å². The lowest BCUT2D eigenvalue weighted by atomic mass is 9.91. The fraction of sp³-hybridized carbons (Fsp3) is 1.00. The SMILES string of the molecule is CCN1CCOC(CN(CCCN)C2CCC2)C1. The average Bonchev–Trinajstić information content (AvgIpc) is 2.34. The van der Waals surface area contributed by atoms with Crippen LogP contribution in [0.5, 0.6) is 0 Å². The van der Waals surface area contributed by atoms with Gasteiger partial charge in [0, 0.05) is 25.7 Å². The molecule has 0 aromatic rings. The van der Waals surface area contributed by atoms with E-state index in [0.717, 1.165) is 58.3 Å². The Hall–Kier alpha value is -0.160. The predicted molar refractivity (Wildman–Crippen MR) is 74.7 cm³/mol. The molecule has 0 aromatic heterocycles. The van der Waals surface area contributed by atoms with E-state index in [4.69, 9.17) is 10.5 Å². The van der Waals surface area contributed by atoms with Crippen LogP contribution in [-0.4, -0.2) is 67.8 Å². The minimum absolute atomic E-state index is 0.400. The van der Waals surface area contributed by atoms with Gasteiger partial charge in [0.05, 0.1) is 12.7 Å². The predicted octanol–water partition coefficient (Wildman–Crippen LogP) is 0.910. The van der Waals surface area contributed by atoms with Gasteiger partial charge >= 0.3 is 0 Å². The molecule has 0 bridgehead atoms. The average molecular weight is 255 g/mol. The summed E-state index contributed by atoms with van der Waals surface area (Å²) in [5.41, 5.74) is 5.65. The summed E-state index contributed by atoms with van der Waals surface area (Å²) in [7, 11) is 0. The van der Waals surface area contributed by atoms with Gasteiger partial charge in [-0.1, -0.05) is 13.3 Å². The van der Waals surface area contributed by atoms with Crippen molar-refractivity contribution in [1.82, 2.24) is 9.80 Å². The van der Waals surface area contributed by atoms with E-state index in [1.54, 1.807) is 0 Å². The van der Waals surface area contributed by atoms with Crippen molar-refractivity contribution in [3.63, 3.8) is 0 Å². The summed E-state index contributed by atoms with van der Waals surface area (Å²) in [4.78, 5) is 5.12. The van der Waals surface area contributed by atoms with Gasteiger partial charge in [0.2, 0.25) is 0 Å². The summed E-state index contributed by atoms with van der Waals surface area (Å²) in [5, 5.41) is 0. The molecule has 1 unspecified atom stereocenters. The molecule has 0 amide bonds. The number of likely N-dealkylation sites (N-methyl/N-ethyl adjacent to an activating group) is 1. The monoisotopic (exact) mass is 255 g/mol. The third-order valence-electron chi connectivity index (χ3n) is 4.35. The first-order valence-corrected chi connectivity index (χ1v) is 7.61. The van der Waals surface area contributed by atoms with Gasteiger partial charge in [-0.05, 0) is 38.9 Å². The Morgan fingerprint density at radius 3 is 2.83 bits per heavy atom. The van der Waals surface area contributed by atoms with Gasteiger partial charge in [0.25, 0.3) is 0 Å². The standard InChI is InChI=1S/C14H29N3O/c1-2-16-9-10-18-14(11-16)12-17(8-4-7-15)13-5-3-6-13/h13-14H,2-12,15H2,1H3. The molecule has 0 aromatic carbocycles. The molecule has 0 radical (unpaired) electrons. The second-order valence-electron chi connectivity index (χ2n) is 5.61. The molecule has 106 valence electrons. The first-order valence-electron chi connectivity index (χ1n) is 7.61. The summed E-state index contributed by atoms with van der Waals surface area (Å²) >= 11 is 0. The van der Waals surface area contributed by atoms with Crippen LogP contribution < -0.4 is 5.73 Å². The molecule has 2 aliphatic rings. The highest BCUT2D eigenvalue weighted by atomic mass is 16.5. The van der Waals surface area contributed by atoms with E-state index in [1.807, 2.05) is 0 Å². The van der Waals surface area contributed by atoms with Crippen molar-refractivity contribution >= 4 is 0 Å². The minimum atomic E-state index is 0.400. The van der Waals surface area contributed by atoms with E-state index in [9.17, 15) is 0 Å². The van der Waals surface area contributed by atoms with Gasteiger partial charge in [-0.15, -0.1) is 0 Å². The van der Waals surface area contributed by atoms with E-state index in [0.29, 0.717) is 6.10 Å². The highest BCUT2D eigenvalue weighted by molar-refractivity contribution is 4.83. The first-order chi connectivity index (χ1) is 8.83. The maximum Gasteiger partial charge on any atom is 0.0829 e. The Kier molecular flexibility index (Phi) is 5.89. The molecule has 1 saturated carbocycles. The maximum atomic E-state index is 5.92. The molecule has 1 atom stereocenters. The molecule has 1 saturated heterocycles. The summed E-state index contributed by atoms with van der Waals surface area (Å²) in [6.07, 6.45) is 5.65. The number of morpholine rings is 1. The molecular formula is C14H29N3O. The largest absolute Gasteiger partial charge is 0.374 e. The van der Waals surface area contributed by atoms with E-state index in [2.05, 4.69) is 16.7 Å². The number of nitrogens with two attached hydrogens (primary N) is 1. The third kappa shape index (κ3) is 3.92. The van der Waals surface area contributed by atoms with Gasteiger partial charge in [-0.3, -0.25) is 9.80 Å². The molecule has 4 heteroatoms. The zero-order valence-corrected chi connectivity index (χ0v) is 11.8. The molecular weight excluding hydrogens is 226 g/mol. The summed E-state index contributed by atoms with van der Waals surface area (Å²) < 4.78 is 5.92. The molecule has 2 rings (SSSR count). The molecule has 2 fully saturated rings. The van der Waals surface area contributed by atoms with E-state index in [1.165, 1.54) is 19.3 Å². The number of hydrogen-bond acceptors (Lipinski definition) is 4. The second-order valence-corrected chi connectivity index (χ2v) is 5.61. The van der Waals surface area contributed by atoms with E-state index in [-0.39, 0.29) is 0 Å². The number of ether oxygens (including phenoxy) is 1. The van der Waals surface area contributed by atoms with Gasteiger partial charge in [0.1, 0.15) is 0 Å². The zero-order chi connectivity index (χ0) is 12.8. The summed E-state index contributed by atoms with van der Waals surface area (Å²) in [5.74, 6) is 0. The molecule has 1 heterocycles. The molecule has 2 N–H and O–H groups in total. The van der Waals surface area contributed by atoms with Crippen molar-refractivity contribution in [3.05, 3.63) is 0 Å².